The molecule has 0 aliphatic carbocycles. The van der Waals surface area contributed by atoms with Crippen LogP contribution in [0.25, 0.3) is 0 Å². The number of fused-ring (bicyclic) bond motifs is 1. The van der Waals surface area contributed by atoms with E-state index in [-0.39, 0.29) is 11.2 Å². The van der Waals surface area contributed by atoms with Crippen molar-refractivity contribution in [1.29, 1.82) is 0 Å². The zero-order valence-electron chi connectivity index (χ0n) is 6.23. The van der Waals surface area contributed by atoms with E-state index >= 15 is 0 Å². The van der Waals surface area contributed by atoms with E-state index in [1.165, 1.54) is 0 Å². The normalized spacial score (nSPS) is 27.0. The maximum atomic E-state index is 5.64. The van der Waals surface area contributed by atoms with Crippen LogP contribution in [0, 0.1) is 5.92 Å². The Morgan fingerprint density at radius 2 is 2.33 bits per heavy atom. The van der Waals surface area contributed by atoms with Crippen molar-refractivity contribution in [3.8, 4) is 0 Å². The van der Waals surface area contributed by atoms with Crippen LogP contribution in [-0.2, 0) is 0 Å². The largest absolute Gasteiger partial charge is 0.254 e. The van der Waals surface area contributed by atoms with E-state index in [0.29, 0.717) is 4.99 Å². The Morgan fingerprint density at radius 3 is 3.08 bits per heavy atom. The summed E-state index contributed by atoms with van der Waals surface area (Å²) in [6.07, 6.45) is 1.72. The molecule has 0 spiro atoms. The van der Waals surface area contributed by atoms with Crippen molar-refractivity contribution in [3.05, 3.63) is 0 Å². The van der Waals surface area contributed by atoms with Crippen molar-refractivity contribution in [2.45, 2.75) is 0 Å². The highest BCUT2D eigenvalue weighted by molar-refractivity contribution is 7.80. The van der Waals surface area contributed by atoms with Crippen LogP contribution >= 0.6 is 23.8 Å². The molecular weight excluding hydrogens is 196 g/mol. The Bertz CT molecular complexity index is 332. The molecule has 0 aromatic rings. The van der Waals surface area contributed by atoms with Crippen LogP contribution in [0.3, 0.4) is 0 Å². The summed E-state index contributed by atoms with van der Waals surface area (Å²) in [4.78, 5) is 8.42. The Kier molecular flexibility index (Phi) is 1.69. The van der Waals surface area contributed by atoms with Crippen molar-refractivity contribution < 1.29 is 0 Å². The molecule has 0 saturated heterocycles. The molecule has 0 saturated carbocycles. The molecule has 1 atom stereocenters. The Balaban J connectivity index is 2.43. The molecule has 0 amide bonds. The topological polar surface area (TPSA) is 40.3 Å². The number of rotatable bonds is 0. The van der Waals surface area contributed by atoms with Gasteiger partial charge < -0.3 is 0 Å². The van der Waals surface area contributed by atoms with E-state index in [9.17, 15) is 0 Å². The average Bonchev–Trinajstić information content (AvgIpc) is 2.33. The minimum Gasteiger partial charge on any atom is -0.254 e. The van der Waals surface area contributed by atoms with Gasteiger partial charge in [0.15, 0.2) is 0 Å². The first-order valence-electron chi connectivity index (χ1n) is 3.33. The summed E-state index contributed by atoms with van der Waals surface area (Å²) in [5.74, 6) is 0.688. The fourth-order valence-corrected chi connectivity index (χ4v) is 1.57. The molecule has 0 N–H and O–H groups in total. The molecule has 4 nitrogen and oxygen atoms in total. The molecule has 2 aliphatic rings. The molecule has 2 aliphatic heterocycles. The van der Waals surface area contributed by atoms with Crippen LogP contribution in [-0.4, -0.2) is 34.4 Å². The van der Waals surface area contributed by atoms with Crippen LogP contribution in [0.1, 0.15) is 0 Å². The van der Waals surface area contributed by atoms with E-state index in [1.54, 1.807) is 18.3 Å². The van der Waals surface area contributed by atoms with Crippen LogP contribution in [0.4, 0.5) is 0 Å². The third kappa shape index (κ3) is 1.05. The van der Waals surface area contributed by atoms with Gasteiger partial charge in [-0.25, -0.2) is 9.98 Å². The highest BCUT2D eigenvalue weighted by Gasteiger charge is 2.30. The first-order chi connectivity index (χ1) is 5.68. The Labute approximate surface area is 79.6 Å². The predicted octanol–water partition coefficient (Wildman–Crippen LogP) is 0.868. The molecule has 0 bridgehead atoms. The smallest absolute Gasteiger partial charge is 0.225 e. The molecular formula is C6H5ClN4S. The summed E-state index contributed by atoms with van der Waals surface area (Å²) in [6.45, 7) is 0. The Hall–Kier alpha value is -0.810. The van der Waals surface area contributed by atoms with Gasteiger partial charge in [0.1, 0.15) is 16.7 Å². The lowest BCUT2D eigenvalue weighted by molar-refractivity contribution is 0.555. The van der Waals surface area contributed by atoms with Crippen LogP contribution in [0.15, 0.2) is 15.1 Å². The Morgan fingerprint density at radius 1 is 1.58 bits per heavy atom. The van der Waals surface area contributed by atoms with Crippen LogP contribution in [0.5, 0.6) is 0 Å². The number of amidine groups is 2. The minimum atomic E-state index is -0.0625. The third-order valence-electron chi connectivity index (χ3n) is 1.67. The van der Waals surface area contributed by atoms with E-state index in [2.05, 4.69) is 15.1 Å². The number of hydrazone groups is 1. The molecule has 6 heteroatoms. The molecule has 2 rings (SSSR count). The van der Waals surface area contributed by atoms with Gasteiger partial charge in [0.05, 0.1) is 0 Å². The second kappa shape index (κ2) is 2.60. The molecule has 0 fully saturated rings. The number of aliphatic imine (C=N–C) groups is 2. The molecule has 12 heavy (non-hydrogen) atoms. The fraction of sp³-hybridized carbons (Fsp3) is 0.333. The van der Waals surface area contributed by atoms with Crippen LogP contribution in [0.2, 0.25) is 0 Å². The molecule has 0 radical (unpaired) electrons. The molecule has 2 heterocycles. The number of thiocarbonyl (C=S) groups is 1. The molecule has 62 valence electrons. The summed E-state index contributed by atoms with van der Waals surface area (Å²) in [5, 5.41) is 5.85. The zero-order chi connectivity index (χ0) is 8.72. The summed E-state index contributed by atoms with van der Waals surface area (Å²) < 4.78 is 0. The monoisotopic (exact) mass is 200 g/mol. The SMILES string of the molecule is CN1N=CC2C(=S)N=C(Cl)N=C21. The third-order valence-corrected chi connectivity index (χ3v) is 2.19. The highest BCUT2D eigenvalue weighted by atomic mass is 35.5. The van der Waals surface area contributed by atoms with Gasteiger partial charge in [-0.05, 0) is 11.6 Å². The van der Waals surface area contributed by atoms with Crippen molar-refractivity contribution in [2.75, 3.05) is 7.05 Å². The number of hydrogen-bond acceptors (Lipinski definition) is 4. The number of halogens is 1. The fourth-order valence-electron chi connectivity index (χ4n) is 1.09. The summed E-state index contributed by atoms with van der Waals surface area (Å²) in [6, 6.07) is 0. The van der Waals surface area contributed by atoms with Gasteiger partial charge >= 0.3 is 0 Å². The highest BCUT2D eigenvalue weighted by Crippen LogP contribution is 2.17. The van der Waals surface area contributed by atoms with Gasteiger partial charge in [-0.1, -0.05) is 12.2 Å². The standard InChI is InChI=1S/C6H5ClN4S/c1-11-4-3(2-8-11)5(12)10-6(7)9-4/h2-3H,1H3. The van der Waals surface area contributed by atoms with Gasteiger partial charge in [-0.2, -0.15) is 5.10 Å². The van der Waals surface area contributed by atoms with E-state index in [1.807, 2.05) is 0 Å². The molecule has 0 aromatic heterocycles. The predicted molar refractivity (Wildman–Crippen MR) is 53.1 cm³/mol. The van der Waals surface area contributed by atoms with Crippen molar-refractivity contribution in [2.24, 2.45) is 21.0 Å². The van der Waals surface area contributed by atoms with Crippen molar-refractivity contribution in [1.82, 2.24) is 5.01 Å². The quantitative estimate of drug-likeness (QED) is 0.430. The maximum Gasteiger partial charge on any atom is 0.225 e. The van der Waals surface area contributed by atoms with Gasteiger partial charge in [0.2, 0.25) is 5.29 Å². The first kappa shape index (κ1) is 7.82. The first-order valence-corrected chi connectivity index (χ1v) is 4.11. The van der Waals surface area contributed by atoms with Gasteiger partial charge in [-0.3, -0.25) is 5.01 Å². The van der Waals surface area contributed by atoms with Gasteiger partial charge in [0, 0.05) is 13.3 Å². The van der Waals surface area contributed by atoms with Gasteiger partial charge in [-0.15, -0.1) is 0 Å². The van der Waals surface area contributed by atoms with E-state index in [4.69, 9.17) is 23.8 Å². The van der Waals surface area contributed by atoms with Crippen LogP contribution < -0.4 is 0 Å². The lowest BCUT2D eigenvalue weighted by atomic mass is 10.1. The average molecular weight is 201 g/mol. The van der Waals surface area contributed by atoms with E-state index < -0.39 is 0 Å². The zero-order valence-corrected chi connectivity index (χ0v) is 7.80. The second-order valence-corrected chi connectivity index (χ2v) is 3.21. The van der Waals surface area contributed by atoms with Crippen molar-refractivity contribution >= 4 is 46.2 Å². The molecule has 1 unspecified atom stereocenters. The molecule has 0 aromatic carbocycles. The lowest BCUT2D eigenvalue weighted by Gasteiger charge is -2.15. The minimum absolute atomic E-state index is 0.0625. The second-order valence-electron chi connectivity index (χ2n) is 2.45. The summed E-state index contributed by atoms with van der Waals surface area (Å²) in [5.41, 5.74) is 0. The van der Waals surface area contributed by atoms with E-state index in [0.717, 1.165) is 5.84 Å². The van der Waals surface area contributed by atoms with Crippen molar-refractivity contribution in [3.63, 3.8) is 0 Å². The summed E-state index contributed by atoms with van der Waals surface area (Å²) in [7, 11) is 1.80. The number of hydrogen-bond donors (Lipinski definition) is 0. The summed E-state index contributed by atoms with van der Waals surface area (Å²) >= 11 is 10.6. The lowest BCUT2D eigenvalue weighted by Crippen LogP contribution is -2.31. The van der Waals surface area contributed by atoms with Gasteiger partial charge in [0.25, 0.3) is 0 Å². The maximum absolute atomic E-state index is 5.64. The number of nitrogens with zero attached hydrogens (tertiary/aromatic N) is 4.